The lowest BCUT2D eigenvalue weighted by atomic mass is 9.78. The van der Waals surface area contributed by atoms with Crippen LogP contribution < -0.4 is 0 Å². The van der Waals surface area contributed by atoms with Crippen LogP contribution in [0, 0.1) is 11.3 Å². The van der Waals surface area contributed by atoms with E-state index in [0.717, 1.165) is 19.4 Å². The lowest BCUT2D eigenvalue weighted by molar-refractivity contribution is -0.137. The van der Waals surface area contributed by atoms with Gasteiger partial charge in [-0.15, -0.1) is 0 Å². The molecule has 0 aromatic carbocycles. The van der Waals surface area contributed by atoms with Crippen molar-refractivity contribution in [1.29, 1.82) is 0 Å². The molecular weight excluding hydrogens is 228 g/mol. The Hall–Kier alpha value is -1.06. The van der Waals surface area contributed by atoms with Crippen molar-refractivity contribution in [1.82, 2.24) is 9.80 Å². The summed E-state index contributed by atoms with van der Waals surface area (Å²) < 4.78 is 0. The molecule has 2 aliphatic rings. The maximum atomic E-state index is 12.2. The molecule has 0 aliphatic carbocycles. The monoisotopic (exact) mass is 252 g/mol. The fraction of sp³-hybridized carbons (Fsp3) is 0.857. The Bertz CT molecular complexity index is 391. The van der Waals surface area contributed by atoms with E-state index in [1.165, 1.54) is 0 Å². The fourth-order valence-electron chi connectivity index (χ4n) is 3.38. The van der Waals surface area contributed by atoms with E-state index < -0.39 is 0 Å². The fourth-order valence-corrected chi connectivity index (χ4v) is 3.38. The average Bonchev–Trinajstić information content (AvgIpc) is 2.63. The van der Waals surface area contributed by atoms with Crippen molar-refractivity contribution in [2.24, 2.45) is 11.3 Å². The summed E-state index contributed by atoms with van der Waals surface area (Å²) in [4.78, 5) is 28.0. The van der Waals surface area contributed by atoms with E-state index in [1.807, 2.05) is 25.9 Å². The molecule has 0 N–H and O–H groups in total. The maximum Gasteiger partial charge on any atom is 0.228 e. The first-order chi connectivity index (χ1) is 8.17. The molecule has 102 valence electrons. The summed E-state index contributed by atoms with van der Waals surface area (Å²) >= 11 is 0. The number of likely N-dealkylation sites (tertiary alicyclic amines) is 2. The highest BCUT2D eigenvalue weighted by molar-refractivity contribution is 5.86. The normalized spacial score (nSPS) is 35.7. The lowest BCUT2D eigenvalue weighted by Crippen LogP contribution is -2.37. The third-order valence-electron chi connectivity index (χ3n) is 4.89. The van der Waals surface area contributed by atoms with Crippen LogP contribution in [-0.2, 0) is 9.59 Å². The summed E-state index contributed by atoms with van der Waals surface area (Å²) in [7, 11) is 3.72. The zero-order chi connectivity index (χ0) is 13.7. The lowest BCUT2D eigenvalue weighted by Gasteiger charge is -2.27. The van der Waals surface area contributed by atoms with Gasteiger partial charge in [0, 0.05) is 37.5 Å². The van der Waals surface area contributed by atoms with Crippen LogP contribution in [-0.4, -0.2) is 47.8 Å². The van der Waals surface area contributed by atoms with E-state index in [4.69, 9.17) is 0 Å². The molecule has 2 rings (SSSR count). The van der Waals surface area contributed by atoms with Crippen molar-refractivity contribution >= 4 is 11.8 Å². The standard InChI is InChI=1S/C14H24N2O2/c1-13(2)8-10(11(17)16(13)5)9-14(3)6-7-15(4)12(14)18/h10H,6-9H2,1-5H3. The minimum atomic E-state index is -0.337. The summed E-state index contributed by atoms with van der Waals surface area (Å²) in [6, 6.07) is 0. The largest absolute Gasteiger partial charge is 0.345 e. The van der Waals surface area contributed by atoms with Gasteiger partial charge in [0.25, 0.3) is 0 Å². The van der Waals surface area contributed by atoms with Gasteiger partial charge in [-0.25, -0.2) is 0 Å². The molecule has 0 spiro atoms. The van der Waals surface area contributed by atoms with Gasteiger partial charge in [-0.05, 0) is 33.1 Å². The minimum Gasteiger partial charge on any atom is -0.345 e. The SMILES string of the molecule is CN1CCC(C)(CC2CC(C)(C)N(C)C2=O)C1=O. The van der Waals surface area contributed by atoms with Crippen molar-refractivity contribution in [2.75, 3.05) is 20.6 Å². The molecule has 4 heteroatoms. The third kappa shape index (κ3) is 1.91. The average molecular weight is 252 g/mol. The van der Waals surface area contributed by atoms with Gasteiger partial charge in [0.15, 0.2) is 0 Å². The molecule has 0 saturated carbocycles. The summed E-state index contributed by atoms with van der Waals surface area (Å²) in [6.07, 6.45) is 2.42. The summed E-state index contributed by atoms with van der Waals surface area (Å²) in [6.45, 7) is 7.01. The molecule has 18 heavy (non-hydrogen) atoms. The summed E-state index contributed by atoms with van der Waals surface area (Å²) in [5.41, 5.74) is -0.415. The van der Waals surface area contributed by atoms with Gasteiger partial charge >= 0.3 is 0 Å². The number of carbonyl (C=O) groups excluding carboxylic acids is 2. The number of hydrogen-bond acceptors (Lipinski definition) is 2. The second-order valence-corrected chi connectivity index (χ2v) is 6.85. The topological polar surface area (TPSA) is 40.6 Å². The van der Waals surface area contributed by atoms with Crippen LogP contribution in [0.4, 0.5) is 0 Å². The van der Waals surface area contributed by atoms with Crippen LogP contribution in [0.2, 0.25) is 0 Å². The quantitative estimate of drug-likeness (QED) is 0.747. The van der Waals surface area contributed by atoms with Crippen LogP contribution in [0.3, 0.4) is 0 Å². The van der Waals surface area contributed by atoms with Crippen molar-refractivity contribution in [3.05, 3.63) is 0 Å². The third-order valence-corrected chi connectivity index (χ3v) is 4.89. The highest BCUT2D eigenvalue weighted by atomic mass is 16.2. The van der Waals surface area contributed by atoms with Crippen LogP contribution in [0.1, 0.15) is 40.0 Å². The van der Waals surface area contributed by atoms with E-state index in [2.05, 4.69) is 13.8 Å². The minimum absolute atomic E-state index is 0.00505. The first-order valence-corrected chi connectivity index (χ1v) is 6.71. The van der Waals surface area contributed by atoms with Gasteiger partial charge in [0.2, 0.25) is 11.8 Å². The Labute approximate surface area is 109 Å². The Morgan fingerprint density at radius 2 is 1.83 bits per heavy atom. The molecule has 4 nitrogen and oxygen atoms in total. The van der Waals surface area contributed by atoms with E-state index in [0.29, 0.717) is 6.42 Å². The van der Waals surface area contributed by atoms with Crippen LogP contribution >= 0.6 is 0 Å². The predicted octanol–water partition coefficient (Wildman–Crippen LogP) is 1.50. The van der Waals surface area contributed by atoms with Gasteiger partial charge in [0.1, 0.15) is 0 Å². The Morgan fingerprint density at radius 3 is 2.22 bits per heavy atom. The molecule has 2 atom stereocenters. The molecule has 2 fully saturated rings. The number of amides is 2. The molecule has 0 aromatic heterocycles. The van der Waals surface area contributed by atoms with Crippen molar-refractivity contribution in [3.8, 4) is 0 Å². The van der Waals surface area contributed by atoms with E-state index in [-0.39, 0.29) is 28.7 Å². The molecule has 0 radical (unpaired) electrons. The first kappa shape index (κ1) is 13.4. The zero-order valence-electron chi connectivity index (χ0n) is 12.1. The maximum absolute atomic E-state index is 12.2. The molecule has 0 bridgehead atoms. The second kappa shape index (κ2) is 3.97. The van der Waals surface area contributed by atoms with Crippen molar-refractivity contribution in [2.45, 2.75) is 45.6 Å². The molecule has 0 aromatic rings. The highest BCUT2D eigenvalue weighted by Crippen LogP contribution is 2.43. The zero-order valence-corrected chi connectivity index (χ0v) is 12.1. The first-order valence-electron chi connectivity index (χ1n) is 6.71. The predicted molar refractivity (Wildman–Crippen MR) is 69.9 cm³/mol. The Balaban J connectivity index is 2.12. The smallest absolute Gasteiger partial charge is 0.228 e. The molecule has 2 heterocycles. The van der Waals surface area contributed by atoms with E-state index in [9.17, 15) is 9.59 Å². The van der Waals surface area contributed by atoms with Crippen LogP contribution in [0.15, 0.2) is 0 Å². The van der Waals surface area contributed by atoms with E-state index in [1.54, 1.807) is 4.90 Å². The summed E-state index contributed by atoms with van der Waals surface area (Å²) in [5.74, 6) is 0.400. The van der Waals surface area contributed by atoms with Crippen molar-refractivity contribution < 1.29 is 9.59 Å². The summed E-state index contributed by atoms with van der Waals surface area (Å²) in [5, 5.41) is 0. The molecule has 2 aliphatic heterocycles. The highest BCUT2D eigenvalue weighted by Gasteiger charge is 2.49. The molecule has 2 saturated heterocycles. The van der Waals surface area contributed by atoms with Crippen molar-refractivity contribution in [3.63, 3.8) is 0 Å². The van der Waals surface area contributed by atoms with Gasteiger partial charge in [0.05, 0.1) is 0 Å². The number of rotatable bonds is 2. The van der Waals surface area contributed by atoms with E-state index >= 15 is 0 Å². The van der Waals surface area contributed by atoms with Gasteiger partial charge < -0.3 is 9.80 Å². The number of hydrogen-bond donors (Lipinski definition) is 0. The second-order valence-electron chi connectivity index (χ2n) is 6.85. The van der Waals surface area contributed by atoms with Gasteiger partial charge in [-0.2, -0.15) is 0 Å². The van der Waals surface area contributed by atoms with Gasteiger partial charge in [-0.3, -0.25) is 9.59 Å². The number of carbonyl (C=O) groups is 2. The Morgan fingerprint density at radius 1 is 1.22 bits per heavy atom. The molecule has 2 unspecified atom stereocenters. The molecular formula is C14H24N2O2. The Kier molecular flexibility index (Phi) is 2.95. The van der Waals surface area contributed by atoms with Crippen LogP contribution in [0.5, 0.6) is 0 Å². The van der Waals surface area contributed by atoms with Crippen LogP contribution in [0.25, 0.3) is 0 Å². The molecule has 2 amide bonds. The van der Waals surface area contributed by atoms with Gasteiger partial charge in [-0.1, -0.05) is 6.92 Å². The number of nitrogens with zero attached hydrogens (tertiary/aromatic N) is 2.